The van der Waals surface area contributed by atoms with Crippen molar-refractivity contribution in [1.29, 1.82) is 0 Å². The van der Waals surface area contributed by atoms with Gasteiger partial charge in [0.05, 0.1) is 22.3 Å². The van der Waals surface area contributed by atoms with Crippen molar-refractivity contribution >= 4 is 33.6 Å². The number of benzene rings is 5. The normalized spacial score (nSPS) is 19.8. The quantitative estimate of drug-likeness (QED) is 0.114. The molecule has 3 amide bonds. The molecule has 65 heavy (non-hydrogen) atoms. The third-order valence-corrected chi connectivity index (χ3v) is 14.0. The number of rotatable bonds is 9. The molecule has 0 fully saturated rings. The number of non-ortho nitro benzene ring substituents is 1. The van der Waals surface area contributed by atoms with Gasteiger partial charge in [-0.15, -0.1) is 0 Å². The molecule has 4 bridgehead atoms. The lowest BCUT2D eigenvalue weighted by molar-refractivity contribution is -0.384. The van der Waals surface area contributed by atoms with E-state index in [0.717, 1.165) is 28.8 Å². The predicted octanol–water partition coefficient (Wildman–Crippen LogP) is 7.68. The third kappa shape index (κ3) is 10.6. The first kappa shape index (κ1) is 44.8. The third-order valence-electron chi connectivity index (χ3n) is 12.0. The Kier molecular flexibility index (Phi) is 14.0. The molecular formula is C49H51N5O10S. The fourth-order valence-corrected chi connectivity index (χ4v) is 10.1. The van der Waals surface area contributed by atoms with Gasteiger partial charge < -0.3 is 29.3 Å². The predicted molar refractivity (Wildman–Crippen MR) is 240 cm³/mol. The lowest BCUT2D eigenvalue weighted by atomic mass is 9.87. The largest absolute Gasteiger partial charge is 0.489 e. The molecule has 3 aliphatic rings. The topological polar surface area (TPSA) is 178 Å². The maximum absolute atomic E-state index is 15.1. The van der Waals surface area contributed by atoms with E-state index in [0.29, 0.717) is 61.6 Å². The van der Waals surface area contributed by atoms with E-state index in [1.807, 2.05) is 91.0 Å². The second-order valence-corrected chi connectivity index (χ2v) is 18.3. The average Bonchev–Trinajstić information content (AvgIpc) is 3.71. The summed E-state index contributed by atoms with van der Waals surface area (Å²) < 4.78 is 48.4. The maximum atomic E-state index is 15.1. The zero-order valence-corrected chi connectivity index (χ0v) is 36.6. The van der Waals surface area contributed by atoms with E-state index in [-0.39, 0.29) is 68.0 Å². The Balaban J connectivity index is 1.16. The molecule has 8 rings (SSSR count). The molecule has 1 N–H and O–H groups in total. The number of carbonyl (C=O) groups excluding carboxylic acids is 3. The molecule has 5 aromatic rings. The lowest BCUT2D eigenvalue weighted by Gasteiger charge is -2.33. The van der Waals surface area contributed by atoms with Crippen LogP contribution < -0.4 is 14.8 Å². The molecular weight excluding hydrogens is 851 g/mol. The summed E-state index contributed by atoms with van der Waals surface area (Å²) in [5.74, 6) is -0.106. The Hall–Kier alpha value is -6.78. The molecule has 0 spiro atoms. The van der Waals surface area contributed by atoms with Crippen LogP contribution in [0.1, 0.15) is 78.0 Å². The van der Waals surface area contributed by atoms with Gasteiger partial charge in [-0.1, -0.05) is 78.9 Å². The Morgan fingerprint density at radius 2 is 1.40 bits per heavy atom. The van der Waals surface area contributed by atoms with Crippen molar-refractivity contribution in [1.82, 2.24) is 19.4 Å². The molecule has 15 nitrogen and oxygen atoms in total. The van der Waals surface area contributed by atoms with Crippen LogP contribution in [-0.2, 0) is 37.6 Å². The summed E-state index contributed by atoms with van der Waals surface area (Å²) in [6.45, 7) is 1.33. The number of sulfonamides is 1. The number of carbonyl (C=O) groups is 3. The van der Waals surface area contributed by atoms with E-state index in [9.17, 15) is 28.1 Å². The van der Waals surface area contributed by atoms with E-state index >= 15 is 4.79 Å². The van der Waals surface area contributed by atoms with E-state index in [1.54, 1.807) is 17.0 Å². The molecule has 0 saturated heterocycles. The summed E-state index contributed by atoms with van der Waals surface area (Å²) in [4.78, 5) is 57.3. The first-order chi connectivity index (χ1) is 31.5. The zero-order valence-electron chi connectivity index (χ0n) is 35.8. The Bertz CT molecular complexity index is 2580. The van der Waals surface area contributed by atoms with Crippen LogP contribution in [0.25, 0.3) is 0 Å². The van der Waals surface area contributed by atoms with Gasteiger partial charge in [0.2, 0.25) is 21.8 Å². The molecule has 16 heteroatoms. The molecule has 0 saturated carbocycles. The number of nitro benzene ring substituents is 1. The summed E-state index contributed by atoms with van der Waals surface area (Å²) >= 11 is 0. The Labute approximate surface area is 378 Å². The van der Waals surface area contributed by atoms with Gasteiger partial charge in [0.15, 0.2) is 0 Å². The molecule has 0 unspecified atom stereocenters. The van der Waals surface area contributed by atoms with Crippen LogP contribution in [0, 0.1) is 10.1 Å². The van der Waals surface area contributed by atoms with Crippen LogP contribution in [0.5, 0.6) is 11.5 Å². The van der Waals surface area contributed by atoms with Crippen LogP contribution >= 0.6 is 0 Å². The number of nitrogens with zero attached hydrogens (tertiary/aromatic N) is 4. The number of ether oxygens (including phenoxy) is 3. The Morgan fingerprint density at radius 3 is 2.11 bits per heavy atom. The molecule has 0 aliphatic carbocycles. The fraction of sp³-hybridized carbons (Fsp3) is 0.327. The van der Waals surface area contributed by atoms with Gasteiger partial charge in [-0.2, -0.15) is 4.31 Å². The second-order valence-electron chi connectivity index (χ2n) is 16.4. The van der Waals surface area contributed by atoms with Gasteiger partial charge in [-0.3, -0.25) is 19.7 Å². The lowest BCUT2D eigenvalue weighted by Crippen LogP contribution is -2.41. The highest BCUT2D eigenvalue weighted by Crippen LogP contribution is 2.49. The van der Waals surface area contributed by atoms with Gasteiger partial charge in [-0.05, 0) is 84.3 Å². The highest BCUT2D eigenvalue weighted by Gasteiger charge is 2.44. The van der Waals surface area contributed by atoms with E-state index in [4.69, 9.17) is 14.2 Å². The van der Waals surface area contributed by atoms with Gasteiger partial charge >= 0.3 is 6.09 Å². The van der Waals surface area contributed by atoms with Gasteiger partial charge in [0.1, 0.15) is 36.7 Å². The molecule has 338 valence electrons. The summed E-state index contributed by atoms with van der Waals surface area (Å²) in [5, 5.41) is 14.4. The number of hydrogen-bond acceptors (Lipinski definition) is 10. The van der Waals surface area contributed by atoms with Gasteiger partial charge in [-0.25, -0.2) is 13.2 Å². The van der Waals surface area contributed by atoms with Crippen molar-refractivity contribution in [2.45, 2.75) is 68.3 Å². The van der Waals surface area contributed by atoms with Crippen molar-refractivity contribution in [3.63, 3.8) is 0 Å². The van der Waals surface area contributed by atoms with Crippen molar-refractivity contribution in [3.05, 3.63) is 165 Å². The smallest absolute Gasteiger partial charge is 0.410 e. The summed E-state index contributed by atoms with van der Waals surface area (Å²) in [6.07, 6.45) is -0.112. The first-order valence-corrected chi connectivity index (χ1v) is 23.3. The van der Waals surface area contributed by atoms with Crippen LogP contribution in [-0.4, -0.2) is 84.6 Å². The van der Waals surface area contributed by atoms with Crippen LogP contribution in [0.2, 0.25) is 0 Å². The first-order valence-electron chi connectivity index (χ1n) is 21.9. The van der Waals surface area contributed by atoms with Crippen LogP contribution in [0.3, 0.4) is 0 Å². The standard InChI is InChI=1S/C49H51N5O10S/c55-45-32-43-38-17-24-44-42(31-38)46(47(64-44)37-15-20-40(21-16-37)62-33-35-11-3-1-4-12-35)48(56)51(27-9-25-50-45)26-7-8-28-52(65(60,61)41-22-18-39(19-23-41)54(58)59)29-10-30-53(43)49(57)63-34-36-13-5-2-6-14-36/h1-6,11-24,31,43,46-47H,7-10,25-30,32-34H2,(H,50,55)/t43-,46+,47-/m0/s1. The number of nitro groups is 1. The zero-order chi connectivity index (χ0) is 45.3. The summed E-state index contributed by atoms with van der Waals surface area (Å²) in [6, 6.07) is 35.9. The van der Waals surface area contributed by atoms with E-state index in [2.05, 4.69) is 5.32 Å². The Morgan fingerprint density at radius 1 is 0.754 bits per heavy atom. The van der Waals surface area contributed by atoms with Crippen molar-refractivity contribution in [2.24, 2.45) is 0 Å². The summed E-state index contributed by atoms with van der Waals surface area (Å²) in [7, 11) is -4.17. The van der Waals surface area contributed by atoms with E-state index < -0.39 is 39.1 Å². The maximum Gasteiger partial charge on any atom is 0.410 e. The van der Waals surface area contributed by atoms with Gasteiger partial charge in [0.25, 0.3) is 5.69 Å². The van der Waals surface area contributed by atoms with E-state index in [1.165, 1.54) is 21.3 Å². The number of hydrogen-bond donors (Lipinski definition) is 1. The highest BCUT2D eigenvalue weighted by molar-refractivity contribution is 7.89. The van der Waals surface area contributed by atoms with Gasteiger partial charge in [0, 0.05) is 57.0 Å². The van der Waals surface area contributed by atoms with Crippen LogP contribution in [0.15, 0.2) is 132 Å². The minimum Gasteiger partial charge on any atom is -0.489 e. The number of fused-ring (bicyclic) bond motifs is 1. The molecule has 3 heterocycles. The van der Waals surface area contributed by atoms with Crippen molar-refractivity contribution in [2.75, 3.05) is 39.3 Å². The van der Waals surface area contributed by atoms with Crippen molar-refractivity contribution < 1.29 is 41.9 Å². The molecule has 0 aromatic heterocycles. The minimum atomic E-state index is -4.17. The number of nitrogens with one attached hydrogen (secondary N) is 1. The molecule has 3 atom stereocenters. The second kappa shape index (κ2) is 20.4. The van der Waals surface area contributed by atoms with Crippen LogP contribution in [0.4, 0.5) is 10.5 Å². The number of amides is 3. The molecule has 3 aliphatic heterocycles. The highest BCUT2D eigenvalue weighted by atomic mass is 32.2. The monoisotopic (exact) mass is 901 g/mol. The minimum absolute atomic E-state index is 0.00287. The molecule has 5 aromatic carbocycles. The SMILES string of the molecule is O=C1C[C@H]2c3ccc4c(c3)[C@@H](C(=O)N(CCCCN(S(=O)(=O)c3ccc([N+](=O)[O-])cc3)CCCN2C(=O)OCc2ccccc2)CCCN1)[C@H](c1ccc(OCc2ccccc2)cc1)O4. The fourth-order valence-electron chi connectivity index (χ4n) is 8.62. The molecule has 0 radical (unpaired) electrons. The average molecular weight is 902 g/mol. The summed E-state index contributed by atoms with van der Waals surface area (Å²) in [5.41, 5.74) is 3.52. The van der Waals surface area contributed by atoms with Crippen molar-refractivity contribution in [3.8, 4) is 11.5 Å².